The van der Waals surface area contributed by atoms with Crippen molar-refractivity contribution in [3.8, 4) is 0 Å². The van der Waals surface area contributed by atoms with Crippen molar-refractivity contribution in [1.29, 1.82) is 0 Å². The van der Waals surface area contributed by atoms with Crippen LogP contribution in [0, 0.1) is 5.82 Å². The van der Waals surface area contributed by atoms with E-state index < -0.39 is 23.3 Å². The third-order valence-electron chi connectivity index (χ3n) is 4.54. The number of rotatable bonds is 3. The van der Waals surface area contributed by atoms with E-state index in [4.69, 9.17) is 11.6 Å². The summed E-state index contributed by atoms with van der Waals surface area (Å²) in [5.41, 5.74) is -0.485. The first-order valence-electron chi connectivity index (χ1n) is 7.25. The summed E-state index contributed by atoms with van der Waals surface area (Å²) >= 11 is 5.67. The third-order valence-corrected chi connectivity index (χ3v) is 4.82. The monoisotopic (exact) mass is 344 g/mol. The molecule has 3 rings (SSSR count). The van der Waals surface area contributed by atoms with Crippen LogP contribution in [-0.2, 0) is 11.4 Å². The van der Waals surface area contributed by atoms with Gasteiger partial charge in [0, 0.05) is 23.7 Å². The molecule has 2 aliphatic rings. The Morgan fingerprint density at radius 1 is 1.39 bits per heavy atom. The van der Waals surface area contributed by atoms with Crippen molar-refractivity contribution in [2.24, 2.45) is 0 Å². The van der Waals surface area contributed by atoms with Gasteiger partial charge in [0.25, 0.3) is 5.92 Å². The molecule has 1 aromatic rings. The smallest absolute Gasteiger partial charge is 0.319 e. The van der Waals surface area contributed by atoms with Gasteiger partial charge < -0.3 is 10.6 Å². The predicted molar refractivity (Wildman–Crippen MR) is 82.3 cm³/mol. The van der Waals surface area contributed by atoms with Crippen LogP contribution < -0.4 is 10.6 Å². The number of alkyl halides is 3. The highest BCUT2D eigenvalue weighted by atomic mass is 35.5. The SMILES string of the molecule is CC(=C1CC1)[C@]1(C(C)(F)F)NC(=O)Nc2cc(CCl)c(F)cc21. The molecule has 0 bridgehead atoms. The van der Waals surface area contributed by atoms with Crippen LogP contribution in [0.2, 0.25) is 0 Å². The van der Waals surface area contributed by atoms with Crippen LogP contribution in [0.1, 0.15) is 37.8 Å². The van der Waals surface area contributed by atoms with Crippen LogP contribution in [0.3, 0.4) is 0 Å². The number of benzene rings is 1. The quantitative estimate of drug-likeness (QED) is 0.607. The largest absolute Gasteiger partial charge is 0.320 e. The van der Waals surface area contributed by atoms with Crippen LogP contribution in [0.4, 0.5) is 23.7 Å². The highest BCUT2D eigenvalue weighted by molar-refractivity contribution is 6.17. The van der Waals surface area contributed by atoms with E-state index in [1.54, 1.807) is 6.92 Å². The molecule has 3 nitrogen and oxygen atoms in total. The lowest BCUT2D eigenvalue weighted by atomic mass is 9.75. The average molecular weight is 345 g/mol. The Morgan fingerprint density at radius 2 is 2.04 bits per heavy atom. The first kappa shape index (κ1) is 16.2. The third kappa shape index (κ3) is 2.40. The van der Waals surface area contributed by atoms with Crippen LogP contribution >= 0.6 is 11.6 Å². The highest BCUT2D eigenvalue weighted by Crippen LogP contribution is 2.51. The number of halogens is 4. The van der Waals surface area contributed by atoms with Crippen molar-refractivity contribution in [2.45, 2.75) is 44.0 Å². The second-order valence-electron chi connectivity index (χ2n) is 6.07. The normalized spacial score (nSPS) is 23.0. The number of carbonyl (C=O) groups is 1. The minimum atomic E-state index is -3.31. The van der Waals surface area contributed by atoms with Crippen molar-refractivity contribution in [3.05, 3.63) is 40.2 Å². The van der Waals surface area contributed by atoms with Crippen molar-refractivity contribution < 1.29 is 18.0 Å². The molecule has 1 fully saturated rings. The highest BCUT2D eigenvalue weighted by Gasteiger charge is 2.58. The zero-order valence-corrected chi connectivity index (χ0v) is 13.5. The molecule has 1 heterocycles. The molecule has 0 unspecified atom stereocenters. The van der Waals surface area contributed by atoms with Gasteiger partial charge in [-0.05, 0) is 37.5 Å². The van der Waals surface area contributed by atoms with Gasteiger partial charge in [-0.25, -0.2) is 18.0 Å². The number of amides is 2. The van der Waals surface area contributed by atoms with Crippen LogP contribution in [0.25, 0.3) is 0 Å². The number of hydrogen-bond acceptors (Lipinski definition) is 1. The first-order valence-corrected chi connectivity index (χ1v) is 7.79. The molecular weight excluding hydrogens is 329 g/mol. The maximum atomic E-state index is 14.6. The van der Waals surface area contributed by atoms with Gasteiger partial charge in [-0.15, -0.1) is 11.6 Å². The van der Waals surface area contributed by atoms with Gasteiger partial charge in [-0.3, -0.25) is 0 Å². The summed E-state index contributed by atoms with van der Waals surface area (Å²) in [6.45, 7) is 2.31. The van der Waals surface area contributed by atoms with Crippen molar-refractivity contribution in [3.63, 3.8) is 0 Å². The van der Waals surface area contributed by atoms with Gasteiger partial charge in [0.15, 0.2) is 5.54 Å². The standard InChI is InChI=1S/C16H16ClF3N2O/c1-8(9-3-4-9)16(15(2,19)20)11-6-12(18)10(7-17)5-13(11)21-14(23)22-16/h5-6H,3-4,7H2,1-2H3,(H2,21,22,23)/t16-/m0/s1. The first-order chi connectivity index (χ1) is 10.7. The Hall–Kier alpha value is -1.69. The Morgan fingerprint density at radius 3 is 2.57 bits per heavy atom. The van der Waals surface area contributed by atoms with Crippen LogP contribution in [0.15, 0.2) is 23.3 Å². The topological polar surface area (TPSA) is 41.1 Å². The molecule has 2 amide bonds. The lowest BCUT2D eigenvalue weighted by Gasteiger charge is -2.44. The second kappa shape index (κ2) is 5.16. The molecule has 124 valence electrons. The van der Waals surface area contributed by atoms with Crippen molar-refractivity contribution in [2.75, 3.05) is 5.32 Å². The van der Waals surface area contributed by atoms with Gasteiger partial charge in [0.1, 0.15) is 5.82 Å². The molecule has 2 N–H and O–H groups in total. The fourth-order valence-corrected chi connectivity index (χ4v) is 3.40. The summed E-state index contributed by atoms with van der Waals surface area (Å²) in [7, 11) is 0. The Balaban J connectivity index is 2.33. The van der Waals surface area contributed by atoms with E-state index in [9.17, 15) is 18.0 Å². The molecular formula is C16H16ClF3N2O. The summed E-state index contributed by atoms with van der Waals surface area (Å²) < 4.78 is 43.5. The van der Waals surface area contributed by atoms with Crippen LogP contribution in [0.5, 0.6) is 0 Å². The molecule has 0 spiro atoms. The Kier molecular flexibility index (Phi) is 3.63. The molecule has 0 saturated heterocycles. The van der Waals surface area contributed by atoms with Gasteiger partial charge in [-0.2, -0.15) is 0 Å². The molecule has 0 aromatic heterocycles. The summed E-state index contributed by atoms with van der Waals surface area (Å²) in [6.07, 6.45) is 1.43. The van der Waals surface area contributed by atoms with E-state index in [0.29, 0.717) is 18.4 Å². The minimum Gasteiger partial charge on any atom is -0.319 e. The fourth-order valence-electron chi connectivity index (χ4n) is 3.20. The number of nitrogens with one attached hydrogen (secondary N) is 2. The number of hydrogen-bond donors (Lipinski definition) is 2. The molecule has 0 radical (unpaired) electrons. The molecule has 23 heavy (non-hydrogen) atoms. The second-order valence-corrected chi connectivity index (χ2v) is 6.34. The van der Waals surface area contributed by atoms with Gasteiger partial charge >= 0.3 is 6.03 Å². The molecule has 1 aliphatic heterocycles. The number of fused-ring (bicyclic) bond motifs is 1. The number of urea groups is 1. The van der Waals surface area contributed by atoms with E-state index in [1.165, 1.54) is 6.07 Å². The van der Waals surface area contributed by atoms with E-state index >= 15 is 0 Å². The molecule has 1 aromatic carbocycles. The maximum Gasteiger partial charge on any atom is 0.320 e. The Bertz CT molecular complexity index is 721. The number of carbonyl (C=O) groups excluding carboxylic acids is 1. The zero-order valence-electron chi connectivity index (χ0n) is 12.7. The van der Waals surface area contributed by atoms with Crippen molar-refractivity contribution in [1.82, 2.24) is 5.32 Å². The summed E-state index contributed by atoms with van der Waals surface area (Å²) in [5.74, 6) is -4.09. The number of allylic oxidation sites excluding steroid dienone is 1. The van der Waals surface area contributed by atoms with Gasteiger partial charge in [-0.1, -0.05) is 5.57 Å². The van der Waals surface area contributed by atoms with E-state index in [1.807, 2.05) is 0 Å². The summed E-state index contributed by atoms with van der Waals surface area (Å²) in [4.78, 5) is 12.0. The maximum absolute atomic E-state index is 14.6. The molecule has 1 aliphatic carbocycles. The van der Waals surface area contributed by atoms with E-state index in [-0.39, 0.29) is 22.7 Å². The number of anilines is 1. The van der Waals surface area contributed by atoms with E-state index in [0.717, 1.165) is 18.6 Å². The minimum absolute atomic E-state index is 0.0212. The fraction of sp³-hybridized carbons (Fsp3) is 0.438. The lowest BCUT2D eigenvalue weighted by Crippen LogP contribution is -2.61. The van der Waals surface area contributed by atoms with Gasteiger partial charge in [0.05, 0.1) is 5.88 Å². The summed E-state index contributed by atoms with van der Waals surface area (Å²) in [5, 5.41) is 4.83. The van der Waals surface area contributed by atoms with E-state index in [2.05, 4.69) is 10.6 Å². The Labute approximate surface area is 136 Å². The lowest BCUT2D eigenvalue weighted by molar-refractivity contribution is -0.0561. The molecule has 1 saturated carbocycles. The van der Waals surface area contributed by atoms with Gasteiger partial charge in [0.2, 0.25) is 0 Å². The average Bonchev–Trinajstić information content (AvgIpc) is 3.28. The summed E-state index contributed by atoms with van der Waals surface area (Å²) in [6, 6.07) is 1.62. The molecule has 1 atom stereocenters. The van der Waals surface area contributed by atoms with Crippen LogP contribution in [-0.4, -0.2) is 12.0 Å². The zero-order chi connectivity index (χ0) is 17.0. The molecule has 7 heteroatoms. The van der Waals surface area contributed by atoms with Crippen molar-refractivity contribution >= 4 is 23.3 Å². The predicted octanol–water partition coefficient (Wildman–Crippen LogP) is 4.66.